The Kier molecular flexibility index (Phi) is 15.1. The van der Waals surface area contributed by atoms with Gasteiger partial charge in [0.05, 0.1) is 17.2 Å². The molecule has 3 aromatic rings. The van der Waals surface area contributed by atoms with Crippen LogP contribution in [0.15, 0.2) is 66.7 Å². The molecular weight excluding hydrogens is 532 g/mol. The van der Waals surface area contributed by atoms with Crippen molar-refractivity contribution in [3.63, 3.8) is 0 Å². The van der Waals surface area contributed by atoms with E-state index in [-0.39, 0.29) is 12.1 Å². The van der Waals surface area contributed by atoms with Crippen LogP contribution in [0.1, 0.15) is 136 Å². The molecule has 3 rings (SSSR count). The Hall–Kier alpha value is -3.40. The van der Waals surface area contributed by atoms with Crippen molar-refractivity contribution in [3.05, 3.63) is 89.0 Å². The van der Waals surface area contributed by atoms with Crippen LogP contribution in [0.25, 0.3) is 11.1 Å². The van der Waals surface area contributed by atoms with Gasteiger partial charge in [0.25, 0.3) is 0 Å². The Balaban J connectivity index is 1.46. The van der Waals surface area contributed by atoms with Gasteiger partial charge in [0.15, 0.2) is 0 Å². The van der Waals surface area contributed by atoms with Crippen molar-refractivity contribution in [1.29, 1.82) is 0 Å². The van der Waals surface area contributed by atoms with Crippen LogP contribution in [0, 0.1) is 6.92 Å². The predicted octanol–water partition coefficient (Wildman–Crippen LogP) is 11.1. The molecule has 232 valence electrons. The average Bonchev–Trinajstić information content (AvgIpc) is 3.01. The highest BCUT2D eigenvalue weighted by Gasteiger charge is 2.14. The molecule has 0 saturated carbocycles. The molecule has 0 radical (unpaired) electrons. The third kappa shape index (κ3) is 12.0. The maximum absolute atomic E-state index is 12.8. The van der Waals surface area contributed by atoms with Crippen molar-refractivity contribution >= 4 is 11.9 Å². The van der Waals surface area contributed by atoms with Gasteiger partial charge < -0.3 is 9.47 Å². The number of hydrogen-bond acceptors (Lipinski definition) is 4. The van der Waals surface area contributed by atoms with Crippen molar-refractivity contribution in [1.82, 2.24) is 0 Å². The summed E-state index contributed by atoms with van der Waals surface area (Å²) in [6.07, 6.45) is 17.2. The summed E-state index contributed by atoms with van der Waals surface area (Å²) < 4.78 is 11.1. The molecule has 0 aliphatic carbocycles. The second kappa shape index (κ2) is 19.0. The third-order valence-corrected chi connectivity index (χ3v) is 8.17. The van der Waals surface area contributed by atoms with Crippen molar-refractivity contribution < 1.29 is 19.1 Å². The van der Waals surface area contributed by atoms with E-state index >= 15 is 0 Å². The zero-order chi connectivity index (χ0) is 30.9. The Morgan fingerprint density at radius 3 is 1.79 bits per heavy atom. The fourth-order valence-electron chi connectivity index (χ4n) is 5.40. The van der Waals surface area contributed by atoms with E-state index in [1.165, 1.54) is 75.3 Å². The van der Waals surface area contributed by atoms with Crippen molar-refractivity contribution in [2.24, 2.45) is 0 Å². The molecule has 3 aromatic carbocycles. The highest BCUT2D eigenvalue weighted by Crippen LogP contribution is 2.25. The van der Waals surface area contributed by atoms with Crippen LogP contribution in [0.5, 0.6) is 5.75 Å². The smallest absolute Gasteiger partial charge is 0.343 e. The average molecular weight is 585 g/mol. The highest BCUT2D eigenvalue weighted by atomic mass is 16.5. The third-order valence-electron chi connectivity index (χ3n) is 8.17. The first-order chi connectivity index (χ1) is 20.9. The molecule has 1 unspecified atom stereocenters. The van der Waals surface area contributed by atoms with Gasteiger partial charge in [-0.25, -0.2) is 9.59 Å². The lowest BCUT2D eigenvalue weighted by Crippen LogP contribution is -2.15. The van der Waals surface area contributed by atoms with Crippen LogP contribution < -0.4 is 4.74 Å². The van der Waals surface area contributed by atoms with Crippen molar-refractivity contribution in [2.75, 3.05) is 0 Å². The fraction of sp³-hybridized carbons (Fsp3) is 0.487. The van der Waals surface area contributed by atoms with E-state index in [2.05, 4.69) is 39.0 Å². The summed E-state index contributed by atoms with van der Waals surface area (Å²) in [5.41, 5.74) is 5.88. The van der Waals surface area contributed by atoms with Gasteiger partial charge in [-0.05, 0) is 98.2 Å². The van der Waals surface area contributed by atoms with E-state index in [1.54, 1.807) is 36.4 Å². The van der Waals surface area contributed by atoms with E-state index in [1.807, 2.05) is 19.1 Å². The lowest BCUT2D eigenvalue weighted by atomic mass is 9.96. The van der Waals surface area contributed by atoms with E-state index in [0.29, 0.717) is 16.9 Å². The van der Waals surface area contributed by atoms with E-state index < -0.39 is 5.97 Å². The second-order valence-corrected chi connectivity index (χ2v) is 11.9. The van der Waals surface area contributed by atoms with Gasteiger partial charge in [0.2, 0.25) is 0 Å². The summed E-state index contributed by atoms with van der Waals surface area (Å²) in [7, 11) is 0. The quantitative estimate of drug-likeness (QED) is 0.0799. The number of esters is 2. The van der Waals surface area contributed by atoms with Crippen molar-refractivity contribution in [3.8, 4) is 16.9 Å². The fourth-order valence-corrected chi connectivity index (χ4v) is 5.40. The molecule has 0 spiro atoms. The molecule has 43 heavy (non-hydrogen) atoms. The van der Waals surface area contributed by atoms with Gasteiger partial charge in [-0.1, -0.05) is 108 Å². The number of unbranched alkanes of at least 4 members (excludes halogenated alkanes) is 10. The van der Waals surface area contributed by atoms with Crippen LogP contribution in [0.2, 0.25) is 0 Å². The van der Waals surface area contributed by atoms with E-state index in [9.17, 15) is 9.59 Å². The normalized spacial score (nSPS) is 11.7. The molecule has 0 aliphatic heterocycles. The first-order valence-corrected chi connectivity index (χ1v) is 16.6. The SMILES string of the molecule is CCCCCCCCCCc1ccc(-c2ccc(C(=O)Oc3ccc(C(=O)OC(C)CCCCCC)cc3)cc2)cc1C. The first-order valence-electron chi connectivity index (χ1n) is 16.6. The topological polar surface area (TPSA) is 52.6 Å². The Bertz CT molecular complexity index is 1240. The zero-order valence-electron chi connectivity index (χ0n) is 27.0. The molecule has 0 fully saturated rings. The molecule has 0 heterocycles. The summed E-state index contributed by atoms with van der Waals surface area (Å²) in [5, 5.41) is 0. The van der Waals surface area contributed by atoms with E-state index in [0.717, 1.165) is 36.8 Å². The summed E-state index contributed by atoms with van der Waals surface area (Å²) in [4.78, 5) is 25.2. The maximum atomic E-state index is 12.8. The highest BCUT2D eigenvalue weighted by molar-refractivity contribution is 5.92. The summed E-state index contributed by atoms with van der Waals surface area (Å²) >= 11 is 0. The number of ether oxygens (including phenoxy) is 2. The number of benzene rings is 3. The monoisotopic (exact) mass is 584 g/mol. The molecule has 4 heteroatoms. The van der Waals surface area contributed by atoms with Gasteiger partial charge >= 0.3 is 11.9 Å². The van der Waals surface area contributed by atoms with Gasteiger partial charge in [-0.3, -0.25) is 0 Å². The van der Waals surface area contributed by atoms with Crippen LogP contribution in [0.3, 0.4) is 0 Å². The molecule has 0 saturated heterocycles. The molecule has 0 N–H and O–H groups in total. The summed E-state index contributed by atoms with van der Waals surface area (Å²) in [6.45, 7) is 8.57. The van der Waals surface area contributed by atoms with E-state index in [4.69, 9.17) is 9.47 Å². The van der Waals surface area contributed by atoms with Crippen LogP contribution >= 0.6 is 0 Å². The predicted molar refractivity (Wildman–Crippen MR) is 178 cm³/mol. The van der Waals surface area contributed by atoms with Crippen LogP contribution in [-0.4, -0.2) is 18.0 Å². The van der Waals surface area contributed by atoms with Crippen LogP contribution in [0.4, 0.5) is 0 Å². The number of carbonyl (C=O) groups excluding carboxylic acids is 2. The molecular formula is C39H52O4. The molecule has 0 aromatic heterocycles. The number of rotatable bonds is 19. The molecule has 4 nitrogen and oxygen atoms in total. The molecule has 0 bridgehead atoms. The Labute approximate surface area is 260 Å². The second-order valence-electron chi connectivity index (χ2n) is 11.9. The minimum Gasteiger partial charge on any atom is -0.459 e. The van der Waals surface area contributed by atoms with Gasteiger partial charge in [0, 0.05) is 0 Å². The lowest BCUT2D eigenvalue weighted by molar-refractivity contribution is 0.0319. The number of carbonyl (C=O) groups is 2. The Morgan fingerprint density at radius 1 is 0.628 bits per heavy atom. The van der Waals surface area contributed by atoms with Gasteiger partial charge in [-0.15, -0.1) is 0 Å². The minimum absolute atomic E-state index is 0.119. The lowest BCUT2D eigenvalue weighted by Gasteiger charge is -2.13. The largest absolute Gasteiger partial charge is 0.459 e. The molecule has 1 atom stereocenters. The zero-order valence-corrected chi connectivity index (χ0v) is 27.0. The molecule has 0 aliphatic rings. The van der Waals surface area contributed by atoms with Gasteiger partial charge in [0.1, 0.15) is 5.75 Å². The Morgan fingerprint density at radius 2 is 1.16 bits per heavy atom. The maximum Gasteiger partial charge on any atom is 0.343 e. The number of hydrogen-bond donors (Lipinski definition) is 0. The minimum atomic E-state index is -0.431. The van der Waals surface area contributed by atoms with Crippen molar-refractivity contribution in [2.45, 2.75) is 124 Å². The van der Waals surface area contributed by atoms with Gasteiger partial charge in [-0.2, -0.15) is 0 Å². The summed E-state index contributed by atoms with van der Waals surface area (Å²) in [5.74, 6) is -0.395. The summed E-state index contributed by atoms with van der Waals surface area (Å²) in [6, 6.07) is 20.7. The van der Waals surface area contributed by atoms with Crippen LogP contribution in [-0.2, 0) is 11.2 Å². The number of aryl methyl sites for hydroxylation is 2. The molecule has 0 amide bonds. The first kappa shape index (κ1) is 34.1. The standard InChI is InChI=1S/C39H52O4/c1-5-7-9-11-12-13-14-16-18-32-19-24-36(29-30(32)3)33-20-22-34(23-21-33)39(41)43-37-27-25-35(26-28-37)38(40)42-31(4)17-15-10-8-6-2/h19-29,31H,5-18H2,1-4H3.